The normalized spacial score (nSPS) is 21.9. The van der Waals surface area contributed by atoms with Gasteiger partial charge < -0.3 is 9.64 Å². The van der Waals surface area contributed by atoms with Gasteiger partial charge in [-0.2, -0.15) is 0 Å². The summed E-state index contributed by atoms with van der Waals surface area (Å²) in [6.45, 7) is 7.91. The molecule has 2 fully saturated rings. The fourth-order valence-electron chi connectivity index (χ4n) is 4.09. The first-order chi connectivity index (χ1) is 12.8. The van der Waals surface area contributed by atoms with Crippen molar-refractivity contribution >= 4 is 11.3 Å². The largest absolute Gasteiger partial charge is 0.486 e. The maximum absolute atomic E-state index is 5.81. The highest BCUT2D eigenvalue weighted by molar-refractivity contribution is 7.09. The minimum Gasteiger partial charge on any atom is -0.486 e. The highest BCUT2D eigenvalue weighted by Gasteiger charge is 2.25. The Labute approximate surface area is 160 Å². The zero-order valence-corrected chi connectivity index (χ0v) is 16.3. The number of hydrogen-bond acceptors (Lipinski definition) is 5. The second-order valence-corrected chi connectivity index (χ2v) is 8.53. The van der Waals surface area contributed by atoms with Gasteiger partial charge in [0, 0.05) is 25.0 Å². The van der Waals surface area contributed by atoms with Crippen molar-refractivity contribution in [2.24, 2.45) is 5.92 Å². The molecule has 0 unspecified atom stereocenters. The molecule has 4 rings (SSSR count). The standard InChI is InChI=1S/C21H29N3OS/c1-3-7-20(8-4-1)25-16-21-22-19(17-26-21)15-24-12-9-18(14-24)13-23-10-5-2-6-11-23/h1,3-4,7-8,17-18H,2,5-6,9-16H2/t18-/m0/s1. The van der Waals surface area contributed by atoms with Gasteiger partial charge in [0.25, 0.3) is 0 Å². The molecule has 3 heterocycles. The molecule has 2 aliphatic rings. The van der Waals surface area contributed by atoms with Gasteiger partial charge in [-0.3, -0.25) is 4.90 Å². The third-order valence-electron chi connectivity index (χ3n) is 5.43. The fraction of sp³-hybridized carbons (Fsp3) is 0.571. The van der Waals surface area contributed by atoms with E-state index < -0.39 is 0 Å². The Balaban J connectivity index is 1.21. The lowest BCUT2D eigenvalue weighted by molar-refractivity contribution is 0.192. The van der Waals surface area contributed by atoms with Crippen LogP contribution in [-0.4, -0.2) is 47.5 Å². The molecule has 1 aromatic heterocycles. The third-order valence-corrected chi connectivity index (χ3v) is 6.30. The average Bonchev–Trinajstić information content (AvgIpc) is 3.31. The molecular formula is C21H29N3OS. The Morgan fingerprint density at radius 1 is 1.04 bits per heavy atom. The van der Waals surface area contributed by atoms with Gasteiger partial charge in [0.15, 0.2) is 0 Å². The Bertz CT molecular complexity index is 669. The maximum Gasteiger partial charge on any atom is 0.140 e. The van der Waals surface area contributed by atoms with E-state index in [1.54, 1.807) is 11.3 Å². The van der Waals surface area contributed by atoms with Crippen LogP contribution in [0.5, 0.6) is 5.75 Å². The van der Waals surface area contributed by atoms with E-state index >= 15 is 0 Å². The lowest BCUT2D eigenvalue weighted by Crippen LogP contribution is -2.35. The van der Waals surface area contributed by atoms with Gasteiger partial charge in [-0.15, -0.1) is 11.3 Å². The summed E-state index contributed by atoms with van der Waals surface area (Å²) in [5.41, 5.74) is 1.19. The summed E-state index contributed by atoms with van der Waals surface area (Å²) in [6.07, 6.45) is 5.55. The highest BCUT2D eigenvalue weighted by atomic mass is 32.1. The van der Waals surface area contributed by atoms with Crippen molar-refractivity contribution in [3.8, 4) is 5.75 Å². The molecule has 1 atom stereocenters. The van der Waals surface area contributed by atoms with Gasteiger partial charge in [0.05, 0.1) is 5.69 Å². The fourth-order valence-corrected chi connectivity index (χ4v) is 4.79. The van der Waals surface area contributed by atoms with Crippen LogP contribution in [0.25, 0.3) is 0 Å². The summed E-state index contributed by atoms with van der Waals surface area (Å²) < 4.78 is 5.81. The second kappa shape index (κ2) is 8.98. The Morgan fingerprint density at radius 3 is 2.73 bits per heavy atom. The van der Waals surface area contributed by atoms with Gasteiger partial charge in [-0.1, -0.05) is 24.6 Å². The third kappa shape index (κ3) is 5.06. The first kappa shape index (κ1) is 18.0. The summed E-state index contributed by atoms with van der Waals surface area (Å²) in [5.74, 6) is 1.75. The number of aromatic nitrogens is 1. The number of rotatable bonds is 7. The van der Waals surface area contributed by atoms with E-state index in [1.165, 1.54) is 64.1 Å². The van der Waals surface area contributed by atoms with Crippen molar-refractivity contribution < 1.29 is 4.74 Å². The van der Waals surface area contributed by atoms with Crippen molar-refractivity contribution in [3.63, 3.8) is 0 Å². The Kier molecular flexibility index (Phi) is 6.20. The molecule has 0 N–H and O–H groups in total. The molecule has 140 valence electrons. The molecule has 0 aliphatic carbocycles. The number of piperidine rings is 1. The van der Waals surface area contributed by atoms with E-state index in [4.69, 9.17) is 9.72 Å². The summed E-state index contributed by atoms with van der Waals surface area (Å²) in [4.78, 5) is 10.0. The lowest BCUT2D eigenvalue weighted by atomic mass is 10.1. The molecule has 26 heavy (non-hydrogen) atoms. The van der Waals surface area contributed by atoms with E-state index in [1.807, 2.05) is 30.3 Å². The van der Waals surface area contributed by atoms with Crippen LogP contribution in [-0.2, 0) is 13.2 Å². The Morgan fingerprint density at radius 2 is 1.88 bits per heavy atom. The van der Waals surface area contributed by atoms with Crippen molar-refractivity contribution in [2.75, 3.05) is 32.7 Å². The summed E-state index contributed by atoms with van der Waals surface area (Å²) in [5, 5.41) is 3.26. The van der Waals surface area contributed by atoms with Crippen LogP contribution in [0.2, 0.25) is 0 Å². The molecule has 2 saturated heterocycles. The highest BCUT2D eigenvalue weighted by Crippen LogP contribution is 2.22. The maximum atomic E-state index is 5.81. The van der Waals surface area contributed by atoms with Gasteiger partial charge in [-0.05, 0) is 56.9 Å². The molecule has 0 radical (unpaired) electrons. The first-order valence-electron chi connectivity index (χ1n) is 9.91. The van der Waals surface area contributed by atoms with Gasteiger partial charge >= 0.3 is 0 Å². The van der Waals surface area contributed by atoms with E-state index in [0.717, 1.165) is 23.2 Å². The molecular weight excluding hydrogens is 342 g/mol. The van der Waals surface area contributed by atoms with Gasteiger partial charge in [0.2, 0.25) is 0 Å². The van der Waals surface area contributed by atoms with Crippen LogP contribution in [0.4, 0.5) is 0 Å². The predicted octanol–water partition coefficient (Wildman–Crippen LogP) is 4.03. The van der Waals surface area contributed by atoms with E-state index in [2.05, 4.69) is 15.2 Å². The summed E-state index contributed by atoms with van der Waals surface area (Å²) >= 11 is 1.71. The smallest absolute Gasteiger partial charge is 0.140 e. The van der Waals surface area contributed by atoms with Crippen LogP contribution in [0.3, 0.4) is 0 Å². The zero-order chi connectivity index (χ0) is 17.6. The van der Waals surface area contributed by atoms with Crippen LogP contribution in [0, 0.1) is 5.92 Å². The molecule has 0 bridgehead atoms. The van der Waals surface area contributed by atoms with Crippen molar-refractivity contribution in [3.05, 3.63) is 46.4 Å². The van der Waals surface area contributed by atoms with Crippen LogP contribution in [0.15, 0.2) is 35.7 Å². The van der Waals surface area contributed by atoms with E-state index in [9.17, 15) is 0 Å². The monoisotopic (exact) mass is 371 g/mol. The van der Waals surface area contributed by atoms with Crippen LogP contribution in [0.1, 0.15) is 36.4 Å². The van der Waals surface area contributed by atoms with Crippen molar-refractivity contribution in [2.45, 2.75) is 38.8 Å². The average molecular weight is 372 g/mol. The van der Waals surface area contributed by atoms with E-state index in [0.29, 0.717) is 6.61 Å². The SMILES string of the molecule is c1ccc(OCc2nc(CN3CC[C@@H](CN4CCCCC4)C3)cs2)cc1. The summed E-state index contributed by atoms with van der Waals surface area (Å²) in [6, 6.07) is 9.97. The number of benzene rings is 1. The number of thiazole rings is 1. The minimum absolute atomic E-state index is 0.562. The van der Waals surface area contributed by atoms with E-state index in [-0.39, 0.29) is 0 Å². The number of ether oxygens (including phenoxy) is 1. The molecule has 4 nitrogen and oxygen atoms in total. The predicted molar refractivity (Wildman–Crippen MR) is 107 cm³/mol. The van der Waals surface area contributed by atoms with Gasteiger partial charge in [-0.25, -0.2) is 4.98 Å². The van der Waals surface area contributed by atoms with Gasteiger partial charge in [0.1, 0.15) is 17.4 Å². The number of likely N-dealkylation sites (tertiary alicyclic amines) is 2. The van der Waals surface area contributed by atoms with Crippen LogP contribution < -0.4 is 4.74 Å². The molecule has 2 aromatic rings. The molecule has 1 aromatic carbocycles. The van der Waals surface area contributed by atoms with Crippen molar-refractivity contribution in [1.29, 1.82) is 0 Å². The first-order valence-corrected chi connectivity index (χ1v) is 10.8. The quantitative estimate of drug-likeness (QED) is 0.735. The summed E-state index contributed by atoms with van der Waals surface area (Å²) in [7, 11) is 0. The van der Waals surface area contributed by atoms with Crippen molar-refractivity contribution in [1.82, 2.24) is 14.8 Å². The van der Waals surface area contributed by atoms with Crippen LogP contribution >= 0.6 is 11.3 Å². The molecule has 0 amide bonds. The Hall–Kier alpha value is -1.43. The number of hydrogen-bond donors (Lipinski definition) is 0. The molecule has 0 spiro atoms. The zero-order valence-electron chi connectivity index (χ0n) is 15.5. The number of para-hydroxylation sites is 1. The topological polar surface area (TPSA) is 28.6 Å². The second-order valence-electron chi connectivity index (χ2n) is 7.59. The lowest BCUT2D eigenvalue weighted by Gasteiger charge is -2.29. The molecule has 2 aliphatic heterocycles. The minimum atomic E-state index is 0.562. The number of nitrogens with zero attached hydrogens (tertiary/aromatic N) is 3. The molecule has 5 heteroatoms. The molecule has 0 saturated carbocycles.